The summed E-state index contributed by atoms with van der Waals surface area (Å²) in [5, 5.41) is 0. The van der Waals surface area contributed by atoms with Gasteiger partial charge in [-0.15, -0.1) is 0 Å². The fourth-order valence-electron chi connectivity index (χ4n) is 2.85. The number of hydrogen-bond donors (Lipinski definition) is 0. The van der Waals surface area contributed by atoms with E-state index in [1.54, 1.807) is 12.1 Å². The van der Waals surface area contributed by atoms with Gasteiger partial charge in [-0.2, -0.15) is 4.31 Å². The van der Waals surface area contributed by atoms with Crippen molar-refractivity contribution in [3.8, 4) is 0 Å². The molecule has 0 amide bonds. The Hall–Kier alpha value is -2.10. The maximum absolute atomic E-state index is 13.9. The summed E-state index contributed by atoms with van der Waals surface area (Å²) in [7, 11) is -3.06. The monoisotopic (exact) mass is 400 g/mol. The van der Waals surface area contributed by atoms with Crippen LogP contribution < -0.4 is 4.90 Å². The minimum absolute atomic E-state index is 0.0375. The summed E-state index contributed by atoms with van der Waals surface area (Å²) in [5.74, 6) is -4.96. The molecule has 1 saturated heterocycles. The second-order valence-electron chi connectivity index (χ2n) is 6.20. The van der Waals surface area contributed by atoms with Gasteiger partial charge in [-0.25, -0.2) is 21.6 Å². The van der Waals surface area contributed by atoms with Gasteiger partial charge >= 0.3 is 0 Å². The van der Waals surface area contributed by atoms with E-state index in [4.69, 9.17) is 4.74 Å². The predicted molar refractivity (Wildman–Crippen MR) is 94.4 cm³/mol. The van der Waals surface area contributed by atoms with Gasteiger partial charge < -0.3 is 9.64 Å². The van der Waals surface area contributed by atoms with Crippen LogP contribution in [0.5, 0.6) is 0 Å². The van der Waals surface area contributed by atoms with Crippen molar-refractivity contribution < 1.29 is 26.3 Å². The first kappa shape index (κ1) is 19.7. The van der Waals surface area contributed by atoms with Gasteiger partial charge in [0.25, 0.3) is 0 Å². The topological polar surface area (TPSA) is 49.9 Å². The molecule has 0 atom stereocenters. The number of benzene rings is 2. The zero-order valence-electron chi connectivity index (χ0n) is 14.7. The molecule has 1 aliphatic heterocycles. The molecule has 0 unspecified atom stereocenters. The number of morpholine rings is 1. The van der Waals surface area contributed by atoms with Crippen molar-refractivity contribution in [2.75, 3.05) is 38.3 Å². The van der Waals surface area contributed by atoms with E-state index in [0.29, 0.717) is 24.8 Å². The van der Waals surface area contributed by atoms with Gasteiger partial charge in [0.15, 0.2) is 17.5 Å². The fourth-order valence-corrected chi connectivity index (χ4v) is 4.06. The van der Waals surface area contributed by atoms with E-state index in [-0.39, 0.29) is 6.54 Å². The van der Waals surface area contributed by atoms with E-state index >= 15 is 0 Å². The molecule has 1 aliphatic rings. The van der Waals surface area contributed by atoms with Crippen molar-refractivity contribution in [1.82, 2.24) is 4.31 Å². The van der Waals surface area contributed by atoms with Gasteiger partial charge in [0.1, 0.15) is 4.90 Å². The lowest BCUT2D eigenvalue weighted by Gasteiger charge is -2.29. The van der Waals surface area contributed by atoms with Crippen LogP contribution in [0.3, 0.4) is 0 Å². The molecule has 0 aromatic heterocycles. The number of ether oxygens (including phenoxy) is 1. The third kappa shape index (κ3) is 4.10. The number of rotatable bonds is 5. The maximum Gasteiger partial charge on any atom is 0.246 e. The molecule has 0 aliphatic carbocycles. The van der Waals surface area contributed by atoms with Crippen molar-refractivity contribution in [2.45, 2.75) is 11.4 Å². The SMILES string of the molecule is CN(Cc1ccc(N2CCOCC2)cc1)S(=O)(=O)c1ccc(F)c(F)c1F. The molecule has 0 saturated carbocycles. The van der Waals surface area contributed by atoms with Crippen LogP contribution in [-0.2, 0) is 21.3 Å². The van der Waals surface area contributed by atoms with Crippen LogP contribution in [0, 0.1) is 17.5 Å². The summed E-state index contributed by atoms with van der Waals surface area (Å²) < 4.78 is 71.5. The van der Waals surface area contributed by atoms with Crippen molar-refractivity contribution in [1.29, 1.82) is 0 Å². The van der Waals surface area contributed by atoms with Crippen LogP contribution >= 0.6 is 0 Å². The number of nitrogens with zero attached hydrogens (tertiary/aromatic N) is 2. The highest BCUT2D eigenvalue weighted by atomic mass is 32.2. The molecule has 2 aromatic rings. The zero-order chi connectivity index (χ0) is 19.6. The molecule has 3 rings (SSSR count). The minimum atomic E-state index is -4.31. The highest BCUT2D eigenvalue weighted by Crippen LogP contribution is 2.24. The van der Waals surface area contributed by atoms with Gasteiger partial charge in [0.05, 0.1) is 13.2 Å². The van der Waals surface area contributed by atoms with Crippen molar-refractivity contribution in [2.24, 2.45) is 0 Å². The first-order valence-corrected chi connectivity index (χ1v) is 9.76. The number of sulfonamides is 1. The lowest BCUT2D eigenvalue weighted by Crippen LogP contribution is -2.36. The van der Waals surface area contributed by atoms with Gasteiger partial charge in [-0.05, 0) is 29.8 Å². The Morgan fingerprint density at radius 3 is 2.26 bits per heavy atom. The summed E-state index contributed by atoms with van der Waals surface area (Å²) in [6.07, 6.45) is 0. The van der Waals surface area contributed by atoms with Crippen LogP contribution in [0.4, 0.5) is 18.9 Å². The largest absolute Gasteiger partial charge is 0.378 e. The fraction of sp³-hybridized carbons (Fsp3) is 0.333. The second kappa shape index (κ2) is 7.87. The van der Waals surface area contributed by atoms with Gasteiger partial charge in [0, 0.05) is 32.4 Å². The van der Waals surface area contributed by atoms with E-state index in [2.05, 4.69) is 4.90 Å². The molecule has 5 nitrogen and oxygen atoms in total. The smallest absolute Gasteiger partial charge is 0.246 e. The Morgan fingerprint density at radius 2 is 1.63 bits per heavy atom. The minimum Gasteiger partial charge on any atom is -0.378 e. The predicted octanol–water partition coefficient (Wildman–Crippen LogP) is 2.76. The first-order chi connectivity index (χ1) is 12.8. The number of anilines is 1. The van der Waals surface area contributed by atoms with Crippen LogP contribution in [0.1, 0.15) is 5.56 Å². The van der Waals surface area contributed by atoms with Crippen LogP contribution in [0.15, 0.2) is 41.3 Å². The van der Waals surface area contributed by atoms with Crippen LogP contribution in [0.2, 0.25) is 0 Å². The van der Waals surface area contributed by atoms with E-state index < -0.39 is 32.4 Å². The maximum atomic E-state index is 13.9. The van der Waals surface area contributed by atoms with E-state index in [0.717, 1.165) is 29.1 Å². The summed E-state index contributed by atoms with van der Waals surface area (Å²) >= 11 is 0. The second-order valence-corrected chi connectivity index (χ2v) is 8.21. The van der Waals surface area contributed by atoms with E-state index in [1.807, 2.05) is 12.1 Å². The molecular formula is C18H19F3N2O3S. The first-order valence-electron chi connectivity index (χ1n) is 8.32. The third-order valence-corrected chi connectivity index (χ3v) is 6.23. The quantitative estimate of drug-likeness (QED) is 0.725. The zero-order valence-corrected chi connectivity index (χ0v) is 15.5. The highest BCUT2D eigenvalue weighted by molar-refractivity contribution is 7.89. The molecule has 146 valence electrons. The van der Waals surface area contributed by atoms with Gasteiger partial charge in [-0.3, -0.25) is 0 Å². The van der Waals surface area contributed by atoms with Crippen LogP contribution in [-0.4, -0.2) is 46.1 Å². The summed E-state index contributed by atoms with van der Waals surface area (Å²) in [4.78, 5) is 1.26. The molecule has 1 heterocycles. The average molecular weight is 400 g/mol. The molecule has 0 bridgehead atoms. The van der Waals surface area contributed by atoms with Crippen molar-refractivity contribution in [3.05, 3.63) is 59.4 Å². The van der Waals surface area contributed by atoms with Gasteiger partial charge in [-0.1, -0.05) is 12.1 Å². The third-order valence-electron chi connectivity index (χ3n) is 4.41. The van der Waals surface area contributed by atoms with Crippen molar-refractivity contribution >= 4 is 15.7 Å². The number of halogens is 3. The Balaban J connectivity index is 1.76. The van der Waals surface area contributed by atoms with E-state index in [1.165, 1.54) is 7.05 Å². The molecular weight excluding hydrogens is 381 g/mol. The normalized spacial score (nSPS) is 15.4. The van der Waals surface area contributed by atoms with Gasteiger partial charge in [0.2, 0.25) is 10.0 Å². The molecule has 0 radical (unpaired) electrons. The van der Waals surface area contributed by atoms with Crippen molar-refractivity contribution in [3.63, 3.8) is 0 Å². The molecule has 27 heavy (non-hydrogen) atoms. The summed E-state index contributed by atoms with van der Waals surface area (Å²) in [6, 6.07) is 8.62. The molecule has 9 heteroatoms. The standard InChI is InChI=1S/C18H19F3N2O3S/c1-22(27(24,25)16-7-6-15(19)17(20)18(16)21)12-13-2-4-14(5-3-13)23-8-10-26-11-9-23/h2-7H,8-12H2,1H3. The average Bonchev–Trinajstić information content (AvgIpc) is 2.67. The lowest BCUT2D eigenvalue weighted by molar-refractivity contribution is 0.122. The Labute approximate surface area is 156 Å². The van der Waals surface area contributed by atoms with Crippen LogP contribution in [0.25, 0.3) is 0 Å². The van der Waals surface area contributed by atoms with E-state index in [9.17, 15) is 21.6 Å². The Bertz CT molecular complexity index is 914. The number of hydrogen-bond acceptors (Lipinski definition) is 4. The molecule has 0 spiro atoms. The molecule has 0 N–H and O–H groups in total. The summed E-state index contributed by atoms with van der Waals surface area (Å²) in [5.41, 5.74) is 1.68. The molecule has 1 fully saturated rings. The lowest BCUT2D eigenvalue weighted by atomic mass is 10.2. The highest BCUT2D eigenvalue weighted by Gasteiger charge is 2.28. The molecule has 2 aromatic carbocycles. The summed E-state index contributed by atoms with van der Waals surface area (Å²) in [6.45, 7) is 2.83. The Kier molecular flexibility index (Phi) is 5.73. The Morgan fingerprint density at radius 1 is 1.00 bits per heavy atom.